The number of benzene rings is 1. The van der Waals surface area contributed by atoms with Gasteiger partial charge in [-0.3, -0.25) is 0 Å². The van der Waals surface area contributed by atoms with Crippen molar-refractivity contribution in [2.24, 2.45) is 0 Å². The van der Waals surface area contributed by atoms with Gasteiger partial charge in [0.15, 0.2) is 11.5 Å². The average Bonchev–Trinajstić information content (AvgIpc) is 3.20. The maximum Gasteiger partial charge on any atom is 0.228 e. The molecule has 2 aromatic heterocycles. The van der Waals surface area contributed by atoms with E-state index in [0.717, 1.165) is 18.5 Å². The van der Waals surface area contributed by atoms with Crippen LogP contribution in [-0.2, 0) is 13.0 Å². The van der Waals surface area contributed by atoms with Crippen LogP contribution >= 0.6 is 11.6 Å². The van der Waals surface area contributed by atoms with Crippen LogP contribution in [0.1, 0.15) is 12.3 Å². The Morgan fingerprint density at radius 3 is 3.00 bits per heavy atom. The molecule has 0 bridgehead atoms. The van der Waals surface area contributed by atoms with Gasteiger partial charge in [0, 0.05) is 37.3 Å². The van der Waals surface area contributed by atoms with E-state index in [1.165, 1.54) is 0 Å². The van der Waals surface area contributed by atoms with E-state index in [1.807, 2.05) is 16.8 Å². The Balaban J connectivity index is 1.55. The van der Waals surface area contributed by atoms with Gasteiger partial charge in [-0.1, -0.05) is 16.8 Å². The molecule has 1 aliphatic rings. The van der Waals surface area contributed by atoms with Crippen molar-refractivity contribution in [1.29, 1.82) is 0 Å². The Hall–Kier alpha value is -2.54. The van der Waals surface area contributed by atoms with Crippen molar-refractivity contribution in [3.63, 3.8) is 0 Å². The first kappa shape index (κ1) is 15.0. The first-order chi connectivity index (χ1) is 11.8. The van der Waals surface area contributed by atoms with Gasteiger partial charge in [0.25, 0.3) is 0 Å². The molecule has 1 aliphatic heterocycles. The van der Waals surface area contributed by atoms with E-state index in [0.29, 0.717) is 47.9 Å². The quantitative estimate of drug-likeness (QED) is 0.723. The van der Waals surface area contributed by atoms with Crippen LogP contribution in [0.5, 0.6) is 11.5 Å². The maximum absolute atomic E-state index is 6.30. The fourth-order valence-corrected chi connectivity index (χ4v) is 2.74. The molecular formula is C16H15ClN4O3. The largest absolute Gasteiger partial charge is 0.489 e. The molecule has 0 fully saturated rings. The number of fused-ring (bicyclic) bond motifs is 1. The lowest BCUT2D eigenvalue weighted by Crippen LogP contribution is -1.98. The number of rotatable bonds is 4. The Kier molecular flexibility index (Phi) is 4.08. The third kappa shape index (κ3) is 3.07. The summed E-state index contributed by atoms with van der Waals surface area (Å²) in [5, 5.41) is 4.51. The number of imidazole rings is 1. The average molecular weight is 347 g/mol. The predicted molar refractivity (Wildman–Crippen MR) is 86.3 cm³/mol. The Labute approximate surface area is 143 Å². The topological polar surface area (TPSA) is 75.2 Å². The molecule has 0 N–H and O–H groups in total. The summed E-state index contributed by atoms with van der Waals surface area (Å²) in [6.45, 7) is 1.91. The van der Waals surface area contributed by atoms with Crippen LogP contribution in [-0.4, -0.2) is 32.9 Å². The Morgan fingerprint density at radius 2 is 2.12 bits per heavy atom. The lowest BCUT2D eigenvalue weighted by molar-refractivity contribution is 0.297. The molecule has 3 heterocycles. The highest BCUT2D eigenvalue weighted by Crippen LogP contribution is 2.40. The molecule has 0 atom stereocenters. The van der Waals surface area contributed by atoms with Crippen molar-refractivity contribution in [3.05, 3.63) is 41.8 Å². The summed E-state index contributed by atoms with van der Waals surface area (Å²) in [4.78, 5) is 8.43. The molecule has 24 heavy (non-hydrogen) atoms. The molecule has 1 aromatic carbocycles. The number of ether oxygens (including phenoxy) is 2. The first-order valence-electron chi connectivity index (χ1n) is 7.67. The highest BCUT2D eigenvalue weighted by molar-refractivity contribution is 6.32. The second-order valence-corrected chi connectivity index (χ2v) is 5.81. The van der Waals surface area contributed by atoms with Crippen LogP contribution in [0.25, 0.3) is 11.4 Å². The predicted octanol–water partition coefficient (Wildman–Crippen LogP) is 2.99. The summed E-state index contributed by atoms with van der Waals surface area (Å²) < 4.78 is 18.6. The molecule has 0 spiro atoms. The van der Waals surface area contributed by atoms with Gasteiger partial charge in [-0.15, -0.1) is 0 Å². The van der Waals surface area contributed by atoms with Crippen LogP contribution in [0.4, 0.5) is 0 Å². The van der Waals surface area contributed by atoms with Gasteiger partial charge in [0.1, 0.15) is 0 Å². The van der Waals surface area contributed by atoms with E-state index >= 15 is 0 Å². The van der Waals surface area contributed by atoms with E-state index in [1.54, 1.807) is 18.6 Å². The zero-order chi connectivity index (χ0) is 16.4. The lowest BCUT2D eigenvalue weighted by Gasteiger charge is -2.09. The minimum absolute atomic E-state index is 0.480. The minimum Gasteiger partial charge on any atom is -0.489 e. The molecular weight excluding hydrogens is 332 g/mol. The van der Waals surface area contributed by atoms with Crippen molar-refractivity contribution in [1.82, 2.24) is 19.7 Å². The lowest BCUT2D eigenvalue weighted by atomic mass is 10.2. The van der Waals surface area contributed by atoms with Crippen molar-refractivity contribution in [2.45, 2.75) is 19.4 Å². The maximum atomic E-state index is 6.30. The molecule has 0 aliphatic carbocycles. The molecule has 0 unspecified atom stereocenters. The smallest absolute Gasteiger partial charge is 0.228 e. The van der Waals surface area contributed by atoms with E-state index in [2.05, 4.69) is 15.1 Å². The van der Waals surface area contributed by atoms with Gasteiger partial charge in [0.05, 0.1) is 24.6 Å². The number of nitrogens with zero attached hydrogens (tertiary/aromatic N) is 4. The van der Waals surface area contributed by atoms with Gasteiger partial charge < -0.3 is 18.6 Å². The zero-order valence-corrected chi connectivity index (χ0v) is 13.6. The number of hydrogen-bond acceptors (Lipinski definition) is 6. The van der Waals surface area contributed by atoms with Crippen molar-refractivity contribution >= 4 is 11.6 Å². The third-order valence-corrected chi connectivity index (χ3v) is 3.95. The molecule has 8 heteroatoms. The molecule has 0 radical (unpaired) electrons. The van der Waals surface area contributed by atoms with Crippen LogP contribution < -0.4 is 9.47 Å². The molecule has 4 rings (SSSR count). The monoisotopic (exact) mass is 346 g/mol. The van der Waals surface area contributed by atoms with E-state index in [4.69, 9.17) is 25.6 Å². The van der Waals surface area contributed by atoms with Gasteiger partial charge in [-0.2, -0.15) is 4.98 Å². The third-order valence-electron chi connectivity index (χ3n) is 3.67. The molecule has 0 saturated heterocycles. The summed E-state index contributed by atoms with van der Waals surface area (Å²) in [6, 6.07) is 3.59. The highest BCUT2D eigenvalue weighted by Gasteiger charge is 2.18. The first-order valence-corrected chi connectivity index (χ1v) is 8.05. The van der Waals surface area contributed by atoms with Crippen molar-refractivity contribution in [3.8, 4) is 22.9 Å². The fourth-order valence-electron chi connectivity index (χ4n) is 2.48. The van der Waals surface area contributed by atoms with E-state index in [-0.39, 0.29) is 0 Å². The zero-order valence-electron chi connectivity index (χ0n) is 12.8. The Bertz CT molecular complexity index is 832. The summed E-state index contributed by atoms with van der Waals surface area (Å²) in [6.07, 6.45) is 6.82. The summed E-state index contributed by atoms with van der Waals surface area (Å²) in [7, 11) is 0. The minimum atomic E-state index is 0.480. The molecule has 0 amide bonds. The summed E-state index contributed by atoms with van der Waals surface area (Å²) in [5.74, 6) is 2.22. The van der Waals surface area contributed by atoms with Gasteiger partial charge >= 0.3 is 0 Å². The normalized spacial score (nSPS) is 13.7. The number of aromatic nitrogens is 4. The second-order valence-electron chi connectivity index (χ2n) is 5.40. The SMILES string of the molecule is Clc1cc(-c2noc(CCn3ccnc3)n2)cc2c1OCCCO2. The summed E-state index contributed by atoms with van der Waals surface area (Å²) in [5.41, 5.74) is 0.738. The van der Waals surface area contributed by atoms with Gasteiger partial charge in [-0.25, -0.2) is 4.98 Å². The number of halogens is 1. The molecule has 124 valence electrons. The number of aryl methyl sites for hydroxylation is 2. The van der Waals surface area contributed by atoms with Crippen LogP contribution in [0.15, 0.2) is 35.4 Å². The molecule has 3 aromatic rings. The van der Waals surface area contributed by atoms with Crippen molar-refractivity contribution < 1.29 is 14.0 Å². The van der Waals surface area contributed by atoms with E-state index in [9.17, 15) is 0 Å². The number of hydrogen-bond donors (Lipinski definition) is 0. The Morgan fingerprint density at radius 1 is 1.21 bits per heavy atom. The van der Waals surface area contributed by atoms with E-state index < -0.39 is 0 Å². The van der Waals surface area contributed by atoms with Crippen LogP contribution in [0.2, 0.25) is 5.02 Å². The fraction of sp³-hybridized carbons (Fsp3) is 0.312. The second kappa shape index (κ2) is 6.52. The van der Waals surface area contributed by atoms with Crippen LogP contribution in [0, 0.1) is 0 Å². The van der Waals surface area contributed by atoms with Gasteiger partial charge in [-0.05, 0) is 12.1 Å². The van der Waals surface area contributed by atoms with Crippen molar-refractivity contribution in [2.75, 3.05) is 13.2 Å². The standard InChI is InChI=1S/C16H15ClN4O3/c17-12-8-11(9-13-15(12)23-7-1-6-22-13)16-19-14(24-20-16)2-4-21-5-3-18-10-21/h3,5,8-10H,1-2,4,6-7H2. The summed E-state index contributed by atoms with van der Waals surface area (Å²) >= 11 is 6.30. The molecule has 7 nitrogen and oxygen atoms in total. The van der Waals surface area contributed by atoms with Crippen LogP contribution in [0.3, 0.4) is 0 Å². The highest BCUT2D eigenvalue weighted by atomic mass is 35.5. The molecule has 0 saturated carbocycles. The van der Waals surface area contributed by atoms with Gasteiger partial charge in [0.2, 0.25) is 11.7 Å².